The molecule has 2 unspecified atom stereocenters. The maximum absolute atomic E-state index is 12.2. The van der Waals surface area contributed by atoms with Crippen molar-refractivity contribution in [2.24, 2.45) is 11.1 Å². The van der Waals surface area contributed by atoms with Crippen LogP contribution in [0.15, 0.2) is 0 Å². The molecular weight excluding hydrogens is 252 g/mol. The largest absolute Gasteiger partial charge is 0.369 e. The maximum atomic E-state index is 12.2. The molecule has 1 amide bonds. The molecule has 0 radical (unpaired) electrons. The summed E-state index contributed by atoms with van der Waals surface area (Å²) in [5.41, 5.74) is 4.95. The van der Waals surface area contributed by atoms with Crippen molar-refractivity contribution in [3.05, 3.63) is 0 Å². The van der Waals surface area contributed by atoms with Crippen molar-refractivity contribution in [2.75, 3.05) is 12.3 Å². The number of amides is 1. The van der Waals surface area contributed by atoms with Gasteiger partial charge in [0.2, 0.25) is 5.91 Å². The standard InChI is InChI=1S/C12H24N2O3S/c1-4-14-11-9(6-5-7-12(11,2)3)18(16,17)8-10(13)15/h9,11,14H,4-8H2,1-3H3,(H2,13,15). The summed E-state index contributed by atoms with van der Waals surface area (Å²) in [6.07, 6.45) is 2.47. The van der Waals surface area contributed by atoms with E-state index in [2.05, 4.69) is 19.2 Å². The Morgan fingerprint density at radius 1 is 1.44 bits per heavy atom. The third kappa shape index (κ3) is 3.45. The van der Waals surface area contributed by atoms with Crippen LogP contribution in [0.4, 0.5) is 0 Å². The van der Waals surface area contributed by atoms with Gasteiger partial charge in [-0.2, -0.15) is 0 Å². The highest BCUT2D eigenvalue weighted by atomic mass is 32.2. The SMILES string of the molecule is CCNC1C(S(=O)(=O)CC(N)=O)CCCC1(C)C. The molecule has 5 nitrogen and oxygen atoms in total. The predicted octanol–water partition coefficient (Wildman–Crippen LogP) is 0.443. The quantitative estimate of drug-likeness (QED) is 0.762. The van der Waals surface area contributed by atoms with E-state index in [4.69, 9.17) is 5.73 Å². The van der Waals surface area contributed by atoms with E-state index >= 15 is 0 Å². The molecule has 0 aromatic carbocycles. The van der Waals surface area contributed by atoms with E-state index in [0.717, 1.165) is 19.4 Å². The van der Waals surface area contributed by atoms with Gasteiger partial charge >= 0.3 is 0 Å². The first-order valence-corrected chi connectivity index (χ1v) is 8.15. The maximum Gasteiger partial charge on any atom is 0.232 e. The van der Waals surface area contributed by atoms with Crippen LogP contribution in [0.5, 0.6) is 0 Å². The molecule has 1 aliphatic rings. The number of hydrogen-bond donors (Lipinski definition) is 2. The van der Waals surface area contributed by atoms with Crippen molar-refractivity contribution in [3.63, 3.8) is 0 Å². The summed E-state index contributed by atoms with van der Waals surface area (Å²) < 4.78 is 24.5. The summed E-state index contributed by atoms with van der Waals surface area (Å²) in [5.74, 6) is -1.32. The van der Waals surface area contributed by atoms with Gasteiger partial charge in [-0.15, -0.1) is 0 Å². The second-order valence-electron chi connectivity index (χ2n) is 5.73. The molecular formula is C12H24N2O3S. The zero-order valence-corrected chi connectivity index (χ0v) is 12.2. The molecule has 6 heteroatoms. The van der Waals surface area contributed by atoms with E-state index in [1.807, 2.05) is 6.92 Å². The zero-order chi connectivity index (χ0) is 14.0. The number of nitrogens with one attached hydrogen (secondary N) is 1. The first-order chi connectivity index (χ1) is 8.20. The molecule has 0 aromatic rings. The smallest absolute Gasteiger partial charge is 0.232 e. The van der Waals surface area contributed by atoms with E-state index in [0.29, 0.717) is 6.42 Å². The Morgan fingerprint density at radius 3 is 2.56 bits per heavy atom. The van der Waals surface area contributed by atoms with Crippen molar-refractivity contribution in [2.45, 2.75) is 51.3 Å². The molecule has 1 aliphatic carbocycles. The summed E-state index contributed by atoms with van der Waals surface area (Å²) in [7, 11) is -3.46. The van der Waals surface area contributed by atoms with Crippen molar-refractivity contribution in [1.29, 1.82) is 0 Å². The van der Waals surface area contributed by atoms with Gasteiger partial charge < -0.3 is 11.1 Å². The van der Waals surface area contributed by atoms with Crippen LogP contribution in [-0.4, -0.2) is 37.9 Å². The van der Waals surface area contributed by atoms with Gasteiger partial charge in [-0.25, -0.2) is 8.42 Å². The van der Waals surface area contributed by atoms with E-state index in [-0.39, 0.29) is 11.5 Å². The lowest BCUT2D eigenvalue weighted by Gasteiger charge is -2.44. The minimum absolute atomic E-state index is 0.0797. The summed E-state index contributed by atoms with van der Waals surface area (Å²) in [4.78, 5) is 10.9. The Balaban J connectivity index is 3.00. The highest BCUT2D eigenvalue weighted by molar-refractivity contribution is 7.92. The van der Waals surface area contributed by atoms with Gasteiger partial charge in [-0.1, -0.05) is 27.2 Å². The molecule has 2 atom stereocenters. The van der Waals surface area contributed by atoms with E-state index in [1.54, 1.807) is 0 Å². The number of nitrogens with two attached hydrogens (primary N) is 1. The molecule has 0 heterocycles. The topological polar surface area (TPSA) is 89.3 Å². The van der Waals surface area contributed by atoms with Gasteiger partial charge in [-0.05, 0) is 24.8 Å². The lowest BCUT2D eigenvalue weighted by atomic mass is 9.73. The van der Waals surface area contributed by atoms with Crippen LogP contribution in [0.1, 0.15) is 40.0 Å². The van der Waals surface area contributed by atoms with Gasteiger partial charge in [0, 0.05) is 6.04 Å². The lowest BCUT2D eigenvalue weighted by Crippen LogP contribution is -2.56. The summed E-state index contributed by atoms with van der Waals surface area (Å²) in [5, 5.41) is 2.77. The van der Waals surface area contributed by atoms with Gasteiger partial charge in [0.05, 0.1) is 5.25 Å². The summed E-state index contributed by atoms with van der Waals surface area (Å²) in [6, 6.07) is -0.111. The molecule has 18 heavy (non-hydrogen) atoms. The highest BCUT2D eigenvalue weighted by Crippen LogP contribution is 2.38. The van der Waals surface area contributed by atoms with E-state index < -0.39 is 26.7 Å². The Kier molecular flexibility index (Phi) is 4.78. The van der Waals surface area contributed by atoms with Crippen molar-refractivity contribution < 1.29 is 13.2 Å². The Bertz CT molecular complexity index is 404. The molecule has 1 fully saturated rings. The second kappa shape index (κ2) is 5.57. The van der Waals surface area contributed by atoms with Crippen LogP contribution in [0.3, 0.4) is 0 Å². The fraction of sp³-hybridized carbons (Fsp3) is 0.917. The Morgan fingerprint density at radius 2 is 2.06 bits per heavy atom. The minimum Gasteiger partial charge on any atom is -0.369 e. The van der Waals surface area contributed by atoms with Crippen LogP contribution in [0.25, 0.3) is 0 Å². The predicted molar refractivity (Wildman–Crippen MR) is 71.9 cm³/mol. The fourth-order valence-corrected chi connectivity index (χ4v) is 4.92. The van der Waals surface area contributed by atoms with Gasteiger partial charge in [-0.3, -0.25) is 4.79 Å². The molecule has 106 valence electrons. The summed E-state index contributed by atoms with van der Waals surface area (Å²) >= 11 is 0. The molecule has 0 aromatic heterocycles. The molecule has 0 bridgehead atoms. The molecule has 3 N–H and O–H groups in total. The highest BCUT2D eigenvalue weighted by Gasteiger charge is 2.44. The van der Waals surface area contributed by atoms with Crippen LogP contribution >= 0.6 is 0 Å². The molecule has 1 rings (SSSR count). The molecule has 0 spiro atoms. The molecule has 0 saturated heterocycles. The van der Waals surface area contributed by atoms with Crippen LogP contribution in [0.2, 0.25) is 0 Å². The first kappa shape index (κ1) is 15.4. The van der Waals surface area contributed by atoms with E-state index in [1.165, 1.54) is 0 Å². The van der Waals surface area contributed by atoms with Crippen LogP contribution < -0.4 is 11.1 Å². The first-order valence-electron chi connectivity index (χ1n) is 6.44. The van der Waals surface area contributed by atoms with Crippen molar-refractivity contribution in [1.82, 2.24) is 5.32 Å². The van der Waals surface area contributed by atoms with Gasteiger partial charge in [0.1, 0.15) is 5.75 Å². The number of primary amides is 1. The van der Waals surface area contributed by atoms with Crippen LogP contribution in [0, 0.1) is 5.41 Å². The number of carbonyl (C=O) groups is 1. The normalized spacial score (nSPS) is 27.9. The number of hydrogen-bond acceptors (Lipinski definition) is 4. The number of sulfone groups is 1. The average molecular weight is 276 g/mol. The molecule has 1 saturated carbocycles. The lowest BCUT2D eigenvalue weighted by molar-refractivity contribution is -0.115. The van der Waals surface area contributed by atoms with E-state index in [9.17, 15) is 13.2 Å². The second-order valence-corrected chi connectivity index (χ2v) is 7.95. The van der Waals surface area contributed by atoms with Gasteiger partial charge in [0.25, 0.3) is 0 Å². The van der Waals surface area contributed by atoms with Crippen LogP contribution in [-0.2, 0) is 14.6 Å². The fourth-order valence-electron chi connectivity index (χ4n) is 2.90. The van der Waals surface area contributed by atoms with Crippen molar-refractivity contribution >= 4 is 15.7 Å². The third-order valence-electron chi connectivity index (χ3n) is 3.75. The molecule has 0 aliphatic heterocycles. The number of rotatable bonds is 5. The average Bonchev–Trinajstić information content (AvgIpc) is 2.18. The number of carbonyl (C=O) groups excluding carboxylic acids is 1. The minimum atomic E-state index is -3.46. The van der Waals surface area contributed by atoms with Crippen molar-refractivity contribution in [3.8, 4) is 0 Å². The Hall–Kier alpha value is -0.620. The monoisotopic (exact) mass is 276 g/mol. The zero-order valence-electron chi connectivity index (χ0n) is 11.4. The summed E-state index contributed by atoms with van der Waals surface area (Å²) in [6.45, 7) is 6.83. The third-order valence-corrected chi connectivity index (χ3v) is 5.87. The Labute approximate surface area is 109 Å². The van der Waals surface area contributed by atoms with Gasteiger partial charge in [0.15, 0.2) is 9.84 Å².